The van der Waals surface area contributed by atoms with E-state index in [1.165, 1.54) is 19.3 Å². The molecule has 1 fully saturated rings. The predicted octanol–water partition coefficient (Wildman–Crippen LogP) is 3.98. The second-order valence-electron chi connectivity index (χ2n) is 5.12. The van der Waals surface area contributed by atoms with E-state index in [4.69, 9.17) is 4.74 Å². The Kier molecular flexibility index (Phi) is 5.25. The normalized spacial score (nSPS) is 16.1. The first-order valence-corrected chi connectivity index (χ1v) is 7.28. The van der Waals surface area contributed by atoms with E-state index in [-0.39, 0.29) is 6.09 Å². The Bertz CT molecular complexity index is 385. The van der Waals surface area contributed by atoms with E-state index >= 15 is 0 Å². The van der Waals surface area contributed by atoms with Crippen LogP contribution in [0.3, 0.4) is 0 Å². The van der Waals surface area contributed by atoms with Crippen LogP contribution >= 0.6 is 0 Å². The summed E-state index contributed by atoms with van der Waals surface area (Å²) in [5.41, 5.74) is 1.04. The van der Waals surface area contributed by atoms with Crippen molar-refractivity contribution in [1.82, 2.24) is 4.90 Å². The van der Waals surface area contributed by atoms with Crippen molar-refractivity contribution in [2.45, 2.75) is 51.7 Å². The number of amides is 1. The molecule has 0 aromatic heterocycles. The highest BCUT2D eigenvalue weighted by Gasteiger charge is 2.24. The number of hydrogen-bond acceptors (Lipinski definition) is 2. The Labute approximate surface area is 115 Å². The standard InChI is InChI=1S/C16H23NO2/c1-2-17(15-11-7-4-8-12-15)16(18)19-13-14-9-5-3-6-10-14/h3,5-6,9-10,15H,2,4,7-8,11-13H2,1H3. The summed E-state index contributed by atoms with van der Waals surface area (Å²) < 4.78 is 5.42. The summed E-state index contributed by atoms with van der Waals surface area (Å²) in [5.74, 6) is 0. The molecule has 1 aromatic rings. The van der Waals surface area contributed by atoms with Gasteiger partial charge in [0.2, 0.25) is 0 Å². The van der Waals surface area contributed by atoms with Crippen molar-refractivity contribution >= 4 is 6.09 Å². The first-order valence-electron chi connectivity index (χ1n) is 7.28. The molecule has 1 aromatic carbocycles. The molecule has 0 radical (unpaired) electrons. The Hall–Kier alpha value is -1.51. The average molecular weight is 261 g/mol. The molecule has 0 aliphatic heterocycles. The minimum atomic E-state index is -0.168. The van der Waals surface area contributed by atoms with E-state index in [1.807, 2.05) is 42.2 Å². The minimum Gasteiger partial charge on any atom is -0.445 e. The monoisotopic (exact) mass is 261 g/mol. The molecule has 3 heteroatoms. The first kappa shape index (κ1) is 13.9. The smallest absolute Gasteiger partial charge is 0.410 e. The summed E-state index contributed by atoms with van der Waals surface area (Å²) in [6, 6.07) is 10.2. The van der Waals surface area contributed by atoms with Crippen LogP contribution in [0.1, 0.15) is 44.6 Å². The van der Waals surface area contributed by atoms with Gasteiger partial charge in [-0.25, -0.2) is 4.79 Å². The highest BCUT2D eigenvalue weighted by Crippen LogP contribution is 2.23. The van der Waals surface area contributed by atoms with Gasteiger partial charge in [-0.05, 0) is 25.3 Å². The minimum absolute atomic E-state index is 0.168. The highest BCUT2D eigenvalue weighted by atomic mass is 16.6. The van der Waals surface area contributed by atoms with Gasteiger partial charge in [0.1, 0.15) is 6.61 Å². The van der Waals surface area contributed by atoms with Crippen LogP contribution in [0.25, 0.3) is 0 Å². The van der Waals surface area contributed by atoms with E-state index in [0.717, 1.165) is 24.9 Å². The van der Waals surface area contributed by atoms with Crippen molar-refractivity contribution in [3.05, 3.63) is 35.9 Å². The van der Waals surface area contributed by atoms with Crippen LogP contribution in [-0.4, -0.2) is 23.6 Å². The lowest BCUT2D eigenvalue weighted by Crippen LogP contribution is -2.41. The zero-order valence-electron chi connectivity index (χ0n) is 11.7. The van der Waals surface area contributed by atoms with Gasteiger partial charge in [-0.1, -0.05) is 49.6 Å². The molecule has 0 heterocycles. The van der Waals surface area contributed by atoms with Gasteiger partial charge in [-0.2, -0.15) is 0 Å². The zero-order valence-corrected chi connectivity index (χ0v) is 11.7. The van der Waals surface area contributed by atoms with Gasteiger partial charge in [0.15, 0.2) is 0 Å². The van der Waals surface area contributed by atoms with Crippen molar-refractivity contribution in [2.24, 2.45) is 0 Å². The van der Waals surface area contributed by atoms with Crippen LogP contribution < -0.4 is 0 Å². The summed E-state index contributed by atoms with van der Waals surface area (Å²) in [6.45, 7) is 3.12. The number of ether oxygens (including phenoxy) is 1. The summed E-state index contributed by atoms with van der Waals surface area (Å²) >= 11 is 0. The first-order chi connectivity index (χ1) is 9.31. The molecule has 0 atom stereocenters. The molecule has 0 bridgehead atoms. The quantitative estimate of drug-likeness (QED) is 0.820. The summed E-state index contributed by atoms with van der Waals surface area (Å²) in [7, 11) is 0. The Morgan fingerprint density at radius 1 is 1.21 bits per heavy atom. The van der Waals surface area contributed by atoms with Crippen molar-refractivity contribution in [3.63, 3.8) is 0 Å². The number of rotatable bonds is 4. The van der Waals surface area contributed by atoms with Crippen LogP contribution in [0, 0.1) is 0 Å². The molecule has 1 saturated carbocycles. The van der Waals surface area contributed by atoms with Crippen LogP contribution in [-0.2, 0) is 11.3 Å². The van der Waals surface area contributed by atoms with E-state index < -0.39 is 0 Å². The highest BCUT2D eigenvalue weighted by molar-refractivity contribution is 5.68. The van der Waals surface area contributed by atoms with Gasteiger partial charge in [-0.3, -0.25) is 0 Å². The molecule has 104 valence electrons. The molecule has 0 unspecified atom stereocenters. The van der Waals surface area contributed by atoms with Crippen molar-refractivity contribution in [3.8, 4) is 0 Å². The third-order valence-corrected chi connectivity index (χ3v) is 3.80. The lowest BCUT2D eigenvalue weighted by molar-refractivity contribution is 0.0743. The van der Waals surface area contributed by atoms with Gasteiger partial charge in [0, 0.05) is 12.6 Å². The van der Waals surface area contributed by atoms with Crippen molar-refractivity contribution < 1.29 is 9.53 Å². The predicted molar refractivity (Wildman–Crippen MR) is 75.9 cm³/mol. The van der Waals surface area contributed by atoms with Gasteiger partial charge in [0.25, 0.3) is 0 Å². The SMILES string of the molecule is CCN(C(=O)OCc1ccccc1)C1CCCCC1. The van der Waals surface area contributed by atoms with Crippen molar-refractivity contribution in [2.75, 3.05) is 6.54 Å². The van der Waals surface area contributed by atoms with Crippen LogP contribution in [0.2, 0.25) is 0 Å². The third-order valence-electron chi connectivity index (χ3n) is 3.80. The fourth-order valence-electron chi connectivity index (χ4n) is 2.73. The van der Waals surface area contributed by atoms with Gasteiger partial charge >= 0.3 is 6.09 Å². The lowest BCUT2D eigenvalue weighted by Gasteiger charge is -2.32. The van der Waals surface area contributed by atoms with Gasteiger partial charge in [-0.15, -0.1) is 0 Å². The molecular weight excluding hydrogens is 238 g/mol. The van der Waals surface area contributed by atoms with E-state index in [0.29, 0.717) is 12.6 Å². The molecule has 0 spiro atoms. The molecule has 19 heavy (non-hydrogen) atoms. The maximum atomic E-state index is 12.2. The average Bonchev–Trinajstić information content (AvgIpc) is 2.48. The molecule has 2 rings (SSSR count). The number of benzene rings is 1. The van der Waals surface area contributed by atoms with E-state index in [9.17, 15) is 4.79 Å². The van der Waals surface area contributed by atoms with Gasteiger partial charge < -0.3 is 9.64 Å². The summed E-state index contributed by atoms with van der Waals surface area (Å²) in [5, 5.41) is 0. The largest absolute Gasteiger partial charge is 0.445 e. The topological polar surface area (TPSA) is 29.5 Å². The Morgan fingerprint density at radius 3 is 2.53 bits per heavy atom. The number of carbonyl (C=O) groups is 1. The van der Waals surface area contributed by atoms with Crippen molar-refractivity contribution in [1.29, 1.82) is 0 Å². The zero-order chi connectivity index (χ0) is 13.5. The number of carbonyl (C=O) groups excluding carboxylic acids is 1. The second-order valence-corrected chi connectivity index (χ2v) is 5.12. The molecular formula is C16H23NO2. The molecule has 1 amide bonds. The summed E-state index contributed by atoms with van der Waals surface area (Å²) in [6.07, 6.45) is 5.83. The Morgan fingerprint density at radius 2 is 1.89 bits per heavy atom. The summed E-state index contributed by atoms with van der Waals surface area (Å²) in [4.78, 5) is 14.0. The maximum Gasteiger partial charge on any atom is 0.410 e. The molecule has 0 N–H and O–H groups in total. The Balaban J connectivity index is 1.86. The molecule has 1 aliphatic carbocycles. The third kappa shape index (κ3) is 3.98. The van der Waals surface area contributed by atoms with Crippen LogP contribution in [0.15, 0.2) is 30.3 Å². The number of hydrogen-bond donors (Lipinski definition) is 0. The van der Waals surface area contributed by atoms with Crippen LogP contribution in [0.5, 0.6) is 0 Å². The van der Waals surface area contributed by atoms with E-state index in [2.05, 4.69) is 0 Å². The van der Waals surface area contributed by atoms with E-state index in [1.54, 1.807) is 0 Å². The molecule has 1 aliphatic rings. The fourth-order valence-corrected chi connectivity index (χ4v) is 2.73. The van der Waals surface area contributed by atoms with Gasteiger partial charge in [0.05, 0.1) is 0 Å². The maximum absolute atomic E-state index is 12.2. The lowest BCUT2D eigenvalue weighted by atomic mass is 9.94. The molecule has 3 nitrogen and oxygen atoms in total. The fraction of sp³-hybridized carbons (Fsp3) is 0.562. The molecule has 0 saturated heterocycles. The second kappa shape index (κ2) is 7.17. The number of nitrogens with zero attached hydrogens (tertiary/aromatic N) is 1. The van der Waals surface area contributed by atoms with Crippen LogP contribution in [0.4, 0.5) is 4.79 Å².